The van der Waals surface area contributed by atoms with Crippen LogP contribution in [0.5, 0.6) is 5.75 Å². The molecular formula is C20H22ClN3O2. The first kappa shape index (κ1) is 17.2. The zero-order valence-electron chi connectivity index (χ0n) is 14.6. The quantitative estimate of drug-likeness (QED) is 0.888. The Balaban J connectivity index is 1.37. The van der Waals surface area contributed by atoms with Crippen LogP contribution in [0.4, 0.5) is 5.82 Å². The first-order valence-corrected chi connectivity index (χ1v) is 9.52. The predicted octanol–water partition coefficient (Wildman–Crippen LogP) is 3.78. The number of amides is 1. The summed E-state index contributed by atoms with van der Waals surface area (Å²) < 4.78 is 5.92. The average Bonchev–Trinajstić information content (AvgIpc) is 3.10. The van der Waals surface area contributed by atoms with E-state index in [1.165, 1.54) is 12.0 Å². The molecule has 0 saturated carbocycles. The first-order valence-electron chi connectivity index (χ1n) is 9.14. The minimum Gasteiger partial charge on any atom is -0.488 e. The Morgan fingerprint density at radius 2 is 2.08 bits per heavy atom. The molecule has 0 bridgehead atoms. The molecule has 1 atom stereocenters. The fourth-order valence-electron chi connectivity index (χ4n) is 3.54. The van der Waals surface area contributed by atoms with Crippen LogP contribution in [0, 0.1) is 0 Å². The summed E-state index contributed by atoms with van der Waals surface area (Å²) in [5, 5.41) is 3.70. The van der Waals surface area contributed by atoms with Gasteiger partial charge in [-0.1, -0.05) is 29.8 Å². The van der Waals surface area contributed by atoms with Gasteiger partial charge in [0.2, 0.25) is 0 Å². The Kier molecular flexibility index (Phi) is 4.98. The Bertz CT molecular complexity index is 780. The summed E-state index contributed by atoms with van der Waals surface area (Å²) in [6.07, 6.45) is 5.85. The first-order chi connectivity index (χ1) is 12.7. The monoisotopic (exact) mass is 371 g/mol. The topological polar surface area (TPSA) is 54.5 Å². The normalized spacial score (nSPS) is 19.0. The Hall–Kier alpha value is -2.27. The molecule has 0 radical (unpaired) electrons. The van der Waals surface area contributed by atoms with Gasteiger partial charge in [-0.05, 0) is 37.0 Å². The van der Waals surface area contributed by atoms with Crippen molar-refractivity contribution in [2.75, 3.05) is 25.0 Å². The molecule has 6 heteroatoms. The van der Waals surface area contributed by atoms with Crippen molar-refractivity contribution in [2.45, 2.75) is 31.8 Å². The zero-order valence-corrected chi connectivity index (χ0v) is 15.3. The van der Waals surface area contributed by atoms with Crippen molar-refractivity contribution in [3.05, 3.63) is 52.7 Å². The van der Waals surface area contributed by atoms with Crippen molar-refractivity contribution >= 4 is 23.3 Å². The van der Waals surface area contributed by atoms with Gasteiger partial charge in [0.25, 0.3) is 5.91 Å². The molecule has 3 heterocycles. The van der Waals surface area contributed by atoms with Crippen molar-refractivity contribution in [1.29, 1.82) is 0 Å². The molecular weight excluding hydrogens is 350 g/mol. The third-order valence-corrected chi connectivity index (χ3v) is 5.23. The van der Waals surface area contributed by atoms with Gasteiger partial charge in [-0.25, -0.2) is 4.98 Å². The van der Waals surface area contributed by atoms with Gasteiger partial charge in [-0.15, -0.1) is 0 Å². The van der Waals surface area contributed by atoms with Crippen LogP contribution in [-0.2, 0) is 6.42 Å². The van der Waals surface area contributed by atoms with E-state index >= 15 is 0 Å². The van der Waals surface area contributed by atoms with Gasteiger partial charge in [0, 0.05) is 25.7 Å². The van der Waals surface area contributed by atoms with Crippen LogP contribution in [0.25, 0.3) is 0 Å². The number of hydrogen-bond acceptors (Lipinski definition) is 4. The van der Waals surface area contributed by atoms with Gasteiger partial charge in [0.15, 0.2) is 0 Å². The largest absolute Gasteiger partial charge is 0.488 e. The van der Waals surface area contributed by atoms with E-state index in [4.69, 9.17) is 16.3 Å². The maximum absolute atomic E-state index is 12.5. The lowest BCUT2D eigenvalue weighted by molar-refractivity contribution is 0.0724. The third-order valence-electron chi connectivity index (χ3n) is 4.94. The number of carbonyl (C=O) groups excluding carboxylic acids is 1. The van der Waals surface area contributed by atoms with Gasteiger partial charge in [-0.2, -0.15) is 0 Å². The van der Waals surface area contributed by atoms with Gasteiger partial charge < -0.3 is 15.0 Å². The minimum absolute atomic E-state index is 0.0141. The lowest BCUT2D eigenvalue weighted by atomic mass is 10.1. The second-order valence-electron chi connectivity index (χ2n) is 6.84. The number of likely N-dealkylation sites (tertiary alicyclic amines) is 1. The van der Waals surface area contributed by atoms with Crippen LogP contribution in [0.1, 0.15) is 35.2 Å². The van der Waals surface area contributed by atoms with Gasteiger partial charge in [-0.3, -0.25) is 4.79 Å². The van der Waals surface area contributed by atoms with Crippen LogP contribution in [0.15, 0.2) is 36.5 Å². The molecule has 26 heavy (non-hydrogen) atoms. The molecule has 2 aromatic rings. The highest BCUT2D eigenvalue weighted by Crippen LogP contribution is 2.29. The number of benzene rings is 1. The standard InChI is InChI=1S/C20H22ClN3O2/c21-17-11-15(20(25)24-8-4-1-5-9-24)12-22-19(17)23-13-16-10-14-6-2-3-7-18(14)26-16/h2-3,6-7,11-12,16H,1,4-5,8-10,13H2,(H,22,23). The van der Waals surface area contributed by atoms with Crippen LogP contribution in [0.2, 0.25) is 5.02 Å². The van der Waals surface area contributed by atoms with Crippen LogP contribution in [-0.4, -0.2) is 41.5 Å². The molecule has 1 fully saturated rings. The molecule has 1 saturated heterocycles. The number of carbonyl (C=O) groups is 1. The van der Waals surface area contributed by atoms with E-state index in [0.717, 1.165) is 38.1 Å². The second-order valence-corrected chi connectivity index (χ2v) is 7.25. The van der Waals surface area contributed by atoms with Crippen molar-refractivity contribution < 1.29 is 9.53 Å². The number of rotatable bonds is 4. The van der Waals surface area contributed by atoms with E-state index in [1.54, 1.807) is 12.3 Å². The summed E-state index contributed by atoms with van der Waals surface area (Å²) in [6.45, 7) is 2.24. The maximum atomic E-state index is 12.5. The average molecular weight is 372 g/mol. The summed E-state index contributed by atoms with van der Waals surface area (Å²) >= 11 is 6.35. The van der Waals surface area contributed by atoms with E-state index in [1.807, 2.05) is 23.1 Å². The smallest absolute Gasteiger partial charge is 0.255 e. The molecule has 1 amide bonds. The number of piperidine rings is 1. The third kappa shape index (κ3) is 3.63. The Morgan fingerprint density at radius 1 is 1.27 bits per heavy atom. The molecule has 1 aromatic heterocycles. The number of nitrogens with one attached hydrogen (secondary N) is 1. The lowest BCUT2D eigenvalue weighted by Crippen LogP contribution is -2.35. The van der Waals surface area contributed by atoms with Crippen molar-refractivity contribution in [3.63, 3.8) is 0 Å². The number of pyridine rings is 1. The van der Waals surface area contributed by atoms with Gasteiger partial charge in [0.05, 0.1) is 17.1 Å². The van der Waals surface area contributed by atoms with Gasteiger partial charge >= 0.3 is 0 Å². The predicted molar refractivity (Wildman–Crippen MR) is 102 cm³/mol. The SMILES string of the molecule is O=C(c1cnc(NCC2Cc3ccccc3O2)c(Cl)c1)N1CCCCC1. The molecule has 2 aliphatic rings. The van der Waals surface area contributed by atoms with Gasteiger partial charge in [0.1, 0.15) is 17.7 Å². The molecule has 1 aromatic carbocycles. The summed E-state index contributed by atoms with van der Waals surface area (Å²) in [6, 6.07) is 9.78. The highest BCUT2D eigenvalue weighted by atomic mass is 35.5. The fourth-order valence-corrected chi connectivity index (χ4v) is 3.78. The number of ether oxygens (including phenoxy) is 1. The van der Waals surface area contributed by atoms with E-state index in [2.05, 4.69) is 16.4 Å². The van der Waals surface area contributed by atoms with E-state index in [9.17, 15) is 4.79 Å². The maximum Gasteiger partial charge on any atom is 0.255 e. The Morgan fingerprint density at radius 3 is 2.85 bits per heavy atom. The fraction of sp³-hybridized carbons (Fsp3) is 0.400. The molecule has 1 unspecified atom stereocenters. The van der Waals surface area contributed by atoms with Crippen LogP contribution < -0.4 is 10.1 Å². The second kappa shape index (κ2) is 7.54. The van der Waals surface area contributed by atoms with E-state index < -0.39 is 0 Å². The molecule has 0 aliphatic carbocycles. The molecule has 0 spiro atoms. The van der Waals surface area contributed by atoms with Crippen LogP contribution >= 0.6 is 11.6 Å². The zero-order chi connectivity index (χ0) is 17.9. The Labute approximate surface area is 158 Å². The molecule has 5 nitrogen and oxygen atoms in total. The molecule has 1 N–H and O–H groups in total. The molecule has 136 valence electrons. The highest BCUT2D eigenvalue weighted by Gasteiger charge is 2.23. The minimum atomic E-state index is 0.0141. The van der Waals surface area contributed by atoms with E-state index in [-0.39, 0.29) is 12.0 Å². The van der Waals surface area contributed by atoms with Crippen molar-refractivity contribution in [2.24, 2.45) is 0 Å². The van der Waals surface area contributed by atoms with Crippen LogP contribution in [0.3, 0.4) is 0 Å². The number of nitrogens with zero attached hydrogens (tertiary/aromatic N) is 2. The number of hydrogen-bond donors (Lipinski definition) is 1. The lowest BCUT2D eigenvalue weighted by Gasteiger charge is -2.26. The van der Waals surface area contributed by atoms with Crippen molar-refractivity contribution in [3.8, 4) is 5.75 Å². The number of fused-ring (bicyclic) bond motifs is 1. The van der Waals surface area contributed by atoms with E-state index in [0.29, 0.717) is 22.9 Å². The molecule has 2 aliphatic heterocycles. The van der Waals surface area contributed by atoms with Crippen molar-refractivity contribution in [1.82, 2.24) is 9.88 Å². The summed E-state index contributed by atoms with van der Waals surface area (Å²) in [5.41, 5.74) is 1.77. The summed E-state index contributed by atoms with van der Waals surface area (Å²) in [4.78, 5) is 18.8. The summed E-state index contributed by atoms with van der Waals surface area (Å²) in [7, 11) is 0. The number of anilines is 1. The number of aromatic nitrogens is 1. The number of para-hydroxylation sites is 1. The number of halogens is 1. The summed E-state index contributed by atoms with van der Waals surface area (Å²) in [5.74, 6) is 1.54. The highest BCUT2D eigenvalue weighted by molar-refractivity contribution is 6.33. The molecule has 4 rings (SSSR count).